The Morgan fingerprint density at radius 1 is 1.15 bits per heavy atom. The van der Waals surface area contributed by atoms with Crippen molar-refractivity contribution in [3.63, 3.8) is 0 Å². The largest absolute Gasteiger partial charge is 0.416 e. The standard InChI is InChI=1S/C19H14F4N2OS/c1-11-8-14(20)6-7-16(11)25-17(26)9-15-10-27-18(24-15)12-2-4-13(5-3-12)19(21,22)23/h2-8,10H,9H2,1H3,(H,25,26). The van der Waals surface area contributed by atoms with Gasteiger partial charge < -0.3 is 5.32 Å². The molecule has 1 N–H and O–H groups in total. The smallest absolute Gasteiger partial charge is 0.326 e. The number of anilines is 1. The molecule has 0 spiro atoms. The van der Waals surface area contributed by atoms with Crippen LogP contribution < -0.4 is 5.32 Å². The Hall–Kier alpha value is -2.74. The highest BCUT2D eigenvalue weighted by atomic mass is 32.1. The van der Waals surface area contributed by atoms with Crippen LogP contribution >= 0.6 is 11.3 Å². The van der Waals surface area contributed by atoms with Crippen molar-refractivity contribution in [2.24, 2.45) is 0 Å². The fraction of sp³-hybridized carbons (Fsp3) is 0.158. The van der Waals surface area contributed by atoms with Crippen molar-refractivity contribution in [3.05, 3.63) is 70.5 Å². The van der Waals surface area contributed by atoms with Gasteiger partial charge in [-0.15, -0.1) is 11.3 Å². The van der Waals surface area contributed by atoms with Gasteiger partial charge in [0.05, 0.1) is 17.7 Å². The predicted octanol–water partition coefficient (Wildman–Crippen LogP) is 5.46. The Balaban J connectivity index is 1.68. The van der Waals surface area contributed by atoms with Crippen LogP contribution in [-0.2, 0) is 17.4 Å². The summed E-state index contributed by atoms with van der Waals surface area (Å²) in [7, 11) is 0. The first-order chi connectivity index (χ1) is 12.7. The number of carbonyl (C=O) groups excluding carboxylic acids is 1. The second-order valence-electron chi connectivity index (χ2n) is 5.90. The number of halogens is 4. The molecule has 0 unspecified atom stereocenters. The van der Waals surface area contributed by atoms with Crippen molar-refractivity contribution in [2.45, 2.75) is 19.5 Å². The number of alkyl halides is 3. The van der Waals surface area contributed by atoms with E-state index in [1.54, 1.807) is 12.3 Å². The summed E-state index contributed by atoms with van der Waals surface area (Å²) in [4.78, 5) is 16.5. The van der Waals surface area contributed by atoms with Crippen LogP contribution in [0.4, 0.5) is 23.2 Å². The number of nitrogens with zero attached hydrogens (tertiary/aromatic N) is 1. The lowest BCUT2D eigenvalue weighted by Gasteiger charge is -2.07. The lowest BCUT2D eigenvalue weighted by Crippen LogP contribution is -2.15. The van der Waals surface area contributed by atoms with E-state index in [1.165, 1.54) is 41.7 Å². The van der Waals surface area contributed by atoms with Crippen molar-refractivity contribution in [1.29, 1.82) is 0 Å². The van der Waals surface area contributed by atoms with Crippen LogP contribution in [0.25, 0.3) is 10.6 Å². The molecule has 2 aromatic carbocycles. The van der Waals surface area contributed by atoms with Gasteiger partial charge >= 0.3 is 6.18 Å². The van der Waals surface area contributed by atoms with E-state index in [0.717, 1.165) is 12.1 Å². The molecule has 3 rings (SSSR count). The van der Waals surface area contributed by atoms with E-state index in [-0.39, 0.29) is 18.1 Å². The number of thiazole rings is 1. The third-order valence-corrected chi connectivity index (χ3v) is 4.76. The van der Waals surface area contributed by atoms with Crippen LogP contribution in [-0.4, -0.2) is 10.9 Å². The zero-order valence-corrected chi connectivity index (χ0v) is 14.9. The first-order valence-electron chi connectivity index (χ1n) is 7.90. The lowest BCUT2D eigenvalue weighted by atomic mass is 10.1. The highest BCUT2D eigenvalue weighted by Crippen LogP contribution is 2.31. The summed E-state index contributed by atoms with van der Waals surface area (Å²) in [5, 5.41) is 4.91. The molecule has 140 valence electrons. The molecule has 0 radical (unpaired) electrons. The molecule has 0 aliphatic heterocycles. The van der Waals surface area contributed by atoms with Crippen molar-refractivity contribution >= 4 is 22.9 Å². The fourth-order valence-electron chi connectivity index (χ4n) is 2.45. The summed E-state index contributed by atoms with van der Waals surface area (Å²) >= 11 is 1.25. The predicted molar refractivity (Wildman–Crippen MR) is 96.0 cm³/mol. The number of aromatic nitrogens is 1. The Labute approximate surface area is 156 Å². The lowest BCUT2D eigenvalue weighted by molar-refractivity contribution is -0.137. The molecular weight excluding hydrogens is 380 g/mol. The molecular formula is C19H14F4N2OS. The Kier molecular flexibility index (Phi) is 5.27. The summed E-state index contributed by atoms with van der Waals surface area (Å²) in [5.74, 6) is -0.694. The van der Waals surface area contributed by atoms with Crippen molar-refractivity contribution in [2.75, 3.05) is 5.32 Å². The van der Waals surface area contributed by atoms with E-state index in [4.69, 9.17) is 0 Å². The highest BCUT2D eigenvalue weighted by molar-refractivity contribution is 7.13. The number of hydrogen-bond acceptors (Lipinski definition) is 3. The third-order valence-electron chi connectivity index (χ3n) is 3.82. The summed E-state index contributed by atoms with van der Waals surface area (Å²) in [5.41, 5.74) is 1.45. The molecule has 0 atom stereocenters. The van der Waals surface area contributed by atoms with Crippen LogP contribution in [0.2, 0.25) is 0 Å². The van der Waals surface area contributed by atoms with E-state index in [0.29, 0.717) is 27.5 Å². The van der Waals surface area contributed by atoms with Crippen LogP contribution in [0.3, 0.4) is 0 Å². The number of amides is 1. The van der Waals surface area contributed by atoms with Crippen LogP contribution in [0.1, 0.15) is 16.8 Å². The van der Waals surface area contributed by atoms with Gasteiger partial charge in [0.2, 0.25) is 5.91 Å². The fourth-order valence-corrected chi connectivity index (χ4v) is 3.27. The van der Waals surface area contributed by atoms with Crippen LogP contribution in [0.5, 0.6) is 0 Å². The second kappa shape index (κ2) is 7.48. The zero-order valence-electron chi connectivity index (χ0n) is 14.1. The molecule has 0 saturated carbocycles. The minimum atomic E-state index is -4.39. The maximum absolute atomic E-state index is 13.1. The van der Waals surface area contributed by atoms with Crippen molar-refractivity contribution in [1.82, 2.24) is 4.98 Å². The average molecular weight is 394 g/mol. The molecule has 27 heavy (non-hydrogen) atoms. The number of hydrogen-bond donors (Lipinski definition) is 1. The number of carbonyl (C=O) groups is 1. The molecule has 3 aromatic rings. The minimum absolute atomic E-state index is 0.00789. The quantitative estimate of drug-likeness (QED) is 0.597. The molecule has 0 saturated heterocycles. The van der Waals surface area contributed by atoms with Gasteiger partial charge in [-0.05, 0) is 42.8 Å². The first kappa shape index (κ1) is 19.0. The van der Waals surface area contributed by atoms with Crippen LogP contribution in [0.15, 0.2) is 47.8 Å². The van der Waals surface area contributed by atoms with Gasteiger partial charge in [-0.1, -0.05) is 12.1 Å². The number of aryl methyl sites for hydroxylation is 1. The van der Waals surface area contributed by atoms with Gasteiger partial charge in [-0.2, -0.15) is 13.2 Å². The van der Waals surface area contributed by atoms with Gasteiger partial charge in [0.15, 0.2) is 0 Å². The maximum atomic E-state index is 13.1. The monoisotopic (exact) mass is 394 g/mol. The molecule has 1 aromatic heterocycles. The normalized spacial score (nSPS) is 11.4. The van der Waals surface area contributed by atoms with E-state index in [9.17, 15) is 22.4 Å². The summed E-state index contributed by atoms with van der Waals surface area (Å²) in [6, 6.07) is 8.77. The van der Waals surface area contributed by atoms with Gasteiger partial charge in [0, 0.05) is 16.6 Å². The van der Waals surface area contributed by atoms with E-state index in [2.05, 4.69) is 10.3 Å². The number of rotatable bonds is 4. The van der Waals surface area contributed by atoms with E-state index < -0.39 is 11.7 Å². The minimum Gasteiger partial charge on any atom is -0.326 e. The van der Waals surface area contributed by atoms with Gasteiger partial charge in [0.25, 0.3) is 0 Å². The molecule has 8 heteroatoms. The van der Waals surface area contributed by atoms with E-state index in [1.807, 2.05) is 0 Å². The summed E-state index contributed by atoms with van der Waals surface area (Å²) in [6.07, 6.45) is -4.38. The Morgan fingerprint density at radius 2 is 1.85 bits per heavy atom. The third kappa shape index (κ3) is 4.71. The van der Waals surface area contributed by atoms with E-state index >= 15 is 0 Å². The molecule has 0 bridgehead atoms. The molecule has 1 amide bonds. The van der Waals surface area contributed by atoms with Gasteiger partial charge in [-0.3, -0.25) is 4.79 Å². The maximum Gasteiger partial charge on any atom is 0.416 e. The van der Waals surface area contributed by atoms with Gasteiger partial charge in [0.1, 0.15) is 10.8 Å². The second-order valence-corrected chi connectivity index (χ2v) is 6.76. The van der Waals surface area contributed by atoms with Crippen molar-refractivity contribution in [3.8, 4) is 10.6 Å². The first-order valence-corrected chi connectivity index (χ1v) is 8.78. The molecule has 0 fully saturated rings. The molecule has 3 nitrogen and oxygen atoms in total. The average Bonchev–Trinajstić information content (AvgIpc) is 3.05. The van der Waals surface area contributed by atoms with Crippen molar-refractivity contribution < 1.29 is 22.4 Å². The van der Waals surface area contributed by atoms with Crippen LogP contribution in [0, 0.1) is 12.7 Å². The molecule has 0 aliphatic carbocycles. The number of nitrogens with one attached hydrogen (secondary N) is 1. The molecule has 1 heterocycles. The zero-order chi connectivity index (χ0) is 19.6. The summed E-state index contributed by atoms with van der Waals surface area (Å²) in [6.45, 7) is 1.68. The SMILES string of the molecule is Cc1cc(F)ccc1NC(=O)Cc1csc(-c2ccc(C(F)(F)F)cc2)n1. The summed E-state index contributed by atoms with van der Waals surface area (Å²) < 4.78 is 51.0. The Bertz CT molecular complexity index is 965. The molecule has 0 aliphatic rings. The number of benzene rings is 2. The topological polar surface area (TPSA) is 42.0 Å². The van der Waals surface area contributed by atoms with Gasteiger partial charge in [-0.25, -0.2) is 9.37 Å². The highest BCUT2D eigenvalue weighted by Gasteiger charge is 2.30. The Morgan fingerprint density at radius 3 is 2.48 bits per heavy atom.